The van der Waals surface area contributed by atoms with Crippen LogP contribution in [0, 0.1) is 0 Å². The van der Waals surface area contributed by atoms with Crippen LogP contribution in [-0.4, -0.2) is 111 Å². The van der Waals surface area contributed by atoms with Gasteiger partial charge in [0.1, 0.15) is 73.2 Å². The summed E-state index contributed by atoms with van der Waals surface area (Å²) in [4.78, 5) is 0. The minimum absolute atomic E-state index is 0.341. The summed E-state index contributed by atoms with van der Waals surface area (Å²) in [7, 11) is 0. The molecule has 16 atom stereocenters. The van der Waals surface area contributed by atoms with Gasteiger partial charge in [-0.15, -0.1) is 0 Å². The molecule has 230 valence electrons. The van der Waals surface area contributed by atoms with Crippen LogP contribution in [0.4, 0.5) is 0 Å². The highest BCUT2D eigenvalue weighted by Gasteiger charge is 2.68. The van der Waals surface area contributed by atoms with E-state index < -0.39 is 85.5 Å². The maximum Gasteiger partial charge on any atom is 0.155 e. The summed E-state index contributed by atoms with van der Waals surface area (Å²) in [6.07, 6.45) is -0.178. The predicted molar refractivity (Wildman–Crippen MR) is 145 cm³/mol. The molecule has 0 aromatic carbocycles. The fourth-order valence-electron chi connectivity index (χ4n) is 7.18. The molecule has 0 radical (unpaired) electrons. The molecule has 6 rings (SSSR count). The van der Waals surface area contributed by atoms with Gasteiger partial charge in [0.05, 0.1) is 50.8 Å². The van der Waals surface area contributed by atoms with Crippen LogP contribution in [0.5, 0.6) is 0 Å². The van der Waals surface area contributed by atoms with Gasteiger partial charge in [0.25, 0.3) is 0 Å². The van der Waals surface area contributed by atoms with Crippen molar-refractivity contribution in [2.24, 2.45) is 0 Å². The Morgan fingerprint density at radius 1 is 0.357 bits per heavy atom. The van der Waals surface area contributed by atoms with Crippen molar-refractivity contribution in [3.63, 3.8) is 0 Å². The van der Waals surface area contributed by atoms with E-state index in [-0.39, 0.29) is 12.2 Å². The molecule has 0 aromatic heterocycles. The smallest absolute Gasteiger partial charge is 0.155 e. The molecule has 42 heavy (non-hydrogen) atoms. The molecular weight excluding hydrogens is 552 g/mol. The van der Waals surface area contributed by atoms with Gasteiger partial charge >= 0.3 is 0 Å². The Morgan fingerprint density at radius 3 is 0.905 bits per heavy atom. The third-order valence-electron chi connectivity index (χ3n) is 8.66. The lowest BCUT2D eigenvalue weighted by Crippen LogP contribution is -2.50. The van der Waals surface area contributed by atoms with Crippen LogP contribution in [0.2, 0.25) is 0 Å². The van der Waals surface area contributed by atoms with E-state index in [0.717, 1.165) is 0 Å². The summed E-state index contributed by atoms with van der Waals surface area (Å²) in [5.41, 5.74) is 0. The van der Waals surface area contributed by atoms with E-state index in [1.54, 1.807) is 0 Å². The van der Waals surface area contributed by atoms with Crippen LogP contribution in [0.3, 0.4) is 0 Å². The molecule has 0 spiro atoms. The Balaban J connectivity index is 1.25. The number of hydrogen-bond donors (Lipinski definition) is 0. The van der Waals surface area contributed by atoms with E-state index in [4.69, 9.17) is 56.8 Å². The second kappa shape index (κ2) is 12.3. The topological polar surface area (TPSA) is 111 Å². The first-order chi connectivity index (χ1) is 20.6. The van der Waals surface area contributed by atoms with Crippen molar-refractivity contribution in [3.05, 3.63) is 77.0 Å². The highest BCUT2D eigenvalue weighted by atomic mass is 16.7. The largest absolute Gasteiger partial charge is 0.493 e. The lowest BCUT2D eigenvalue weighted by molar-refractivity contribution is -0.173. The molecule has 6 fully saturated rings. The zero-order chi connectivity index (χ0) is 29.4. The van der Waals surface area contributed by atoms with Gasteiger partial charge in [0.2, 0.25) is 0 Å². The first kappa shape index (κ1) is 29.1. The molecule has 4 unspecified atom stereocenters. The van der Waals surface area contributed by atoms with Crippen molar-refractivity contribution in [3.8, 4) is 0 Å². The Morgan fingerprint density at radius 2 is 0.619 bits per heavy atom. The minimum Gasteiger partial charge on any atom is -0.493 e. The molecule has 12 nitrogen and oxygen atoms in total. The minimum atomic E-state index is -0.642. The molecule has 6 saturated heterocycles. The van der Waals surface area contributed by atoms with Gasteiger partial charge in [0.15, 0.2) is 24.4 Å². The Bertz CT molecular complexity index is 956. The molecule has 6 heterocycles. The van der Waals surface area contributed by atoms with E-state index in [1.165, 1.54) is 37.6 Å². The number of rotatable bonds is 14. The van der Waals surface area contributed by atoms with E-state index >= 15 is 0 Å². The molecule has 6 aliphatic heterocycles. The standard InChI is InChI=1S/C30H38O12/c1-7-31-15-13-37-19-17(15)39-25(21(19)33-9-3)27-23(35-11-5)29-30(41-27)24(36-12-6)28(42-29)26-22(34-10-4)20-18(40-26)16(14-38-20)32-8-2/h7-12,15-30H,1-6,13-14H2/t15-,16-,17-,18-,19+,20+,21-,22+,23+,24+,25?,26?,27?,28?,29-,30-/m1/s1. The van der Waals surface area contributed by atoms with Gasteiger partial charge in [-0.25, -0.2) is 0 Å². The molecule has 0 amide bonds. The molecule has 0 bridgehead atoms. The van der Waals surface area contributed by atoms with Crippen molar-refractivity contribution < 1.29 is 56.8 Å². The molecule has 0 aliphatic carbocycles. The average molecular weight is 591 g/mol. The van der Waals surface area contributed by atoms with Crippen molar-refractivity contribution in [2.75, 3.05) is 13.2 Å². The maximum atomic E-state index is 6.66. The quantitative estimate of drug-likeness (QED) is 0.276. The van der Waals surface area contributed by atoms with Gasteiger partial charge in [0, 0.05) is 0 Å². The first-order valence-corrected chi connectivity index (χ1v) is 14.0. The SMILES string of the molecule is C=CO[C@@H]1C(C2O[C@H]3[C@H](OC(C4O[C@H]5[C@H](OC[C@H]5OC=C)[C@H]4OC=C)[C@@H]3OC=C)[C@H]2OC=C)O[C@H]2[C@@H]1OC[C@H]2OC=C. The Hall–Kier alpha value is -3.00. The lowest BCUT2D eigenvalue weighted by Gasteiger charge is -2.33. The second-order valence-corrected chi connectivity index (χ2v) is 10.6. The lowest BCUT2D eigenvalue weighted by atomic mass is 9.96. The molecule has 6 aliphatic rings. The van der Waals surface area contributed by atoms with Gasteiger partial charge < -0.3 is 56.8 Å². The van der Waals surface area contributed by atoms with Gasteiger partial charge in [-0.05, 0) is 0 Å². The Kier molecular flexibility index (Phi) is 8.53. The summed E-state index contributed by atoms with van der Waals surface area (Å²) < 4.78 is 73.5. The number of ether oxygens (including phenoxy) is 12. The van der Waals surface area contributed by atoms with Gasteiger partial charge in [-0.2, -0.15) is 0 Å². The molecule has 12 heteroatoms. The normalized spacial score (nSPS) is 48.3. The highest BCUT2D eigenvalue weighted by molar-refractivity contribution is 5.15. The van der Waals surface area contributed by atoms with E-state index in [0.29, 0.717) is 13.2 Å². The number of hydrogen-bond acceptors (Lipinski definition) is 12. The first-order valence-electron chi connectivity index (χ1n) is 14.0. The monoisotopic (exact) mass is 590 g/mol. The summed E-state index contributed by atoms with van der Waals surface area (Å²) in [6.45, 7) is 23.0. The number of fused-ring (bicyclic) bond motifs is 3. The van der Waals surface area contributed by atoms with Crippen molar-refractivity contribution >= 4 is 0 Å². The fraction of sp³-hybridized carbons (Fsp3) is 0.600. The molecule has 0 aromatic rings. The maximum absolute atomic E-state index is 6.66. The third-order valence-corrected chi connectivity index (χ3v) is 8.66. The highest BCUT2D eigenvalue weighted by Crippen LogP contribution is 2.47. The van der Waals surface area contributed by atoms with Crippen LogP contribution in [0.25, 0.3) is 0 Å². The zero-order valence-corrected chi connectivity index (χ0v) is 23.3. The molecule has 0 saturated carbocycles. The van der Waals surface area contributed by atoms with Crippen molar-refractivity contribution in [1.29, 1.82) is 0 Å². The Labute approximate surface area is 245 Å². The predicted octanol–water partition coefficient (Wildman–Crippen LogP) is 2.03. The zero-order valence-electron chi connectivity index (χ0n) is 23.3. The van der Waals surface area contributed by atoms with Crippen molar-refractivity contribution in [2.45, 2.75) is 97.7 Å². The summed E-state index contributed by atoms with van der Waals surface area (Å²) in [5, 5.41) is 0. The van der Waals surface area contributed by atoms with E-state index in [9.17, 15) is 0 Å². The summed E-state index contributed by atoms with van der Waals surface area (Å²) in [6, 6.07) is 0. The third kappa shape index (κ3) is 4.70. The molecule has 0 N–H and O–H groups in total. The second-order valence-electron chi connectivity index (χ2n) is 10.6. The summed E-state index contributed by atoms with van der Waals surface area (Å²) >= 11 is 0. The van der Waals surface area contributed by atoms with Gasteiger partial charge in [-0.3, -0.25) is 0 Å². The van der Waals surface area contributed by atoms with Crippen LogP contribution < -0.4 is 0 Å². The van der Waals surface area contributed by atoms with Crippen LogP contribution >= 0.6 is 0 Å². The van der Waals surface area contributed by atoms with Gasteiger partial charge in [-0.1, -0.05) is 39.5 Å². The fourth-order valence-corrected chi connectivity index (χ4v) is 7.18. The molecular formula is C30H38O12. The van der Waals surface area contributed by atoms with Crippen LogP contribution in [-0.2, 0) is 56.8 Å². The average Bonchev–Trinajstić information content (AvgIpc) is 3.80. The van der Waals surface area contributed by atoms with E-state index in [1.807, 2.05) is 0 Å². The van der Waals surface area contributed by atoms with Crippen LogP contribution in [0.15, 0.2) is 77.0 Å². The van der Waals surface area contributed by atoms with E-state index in [2.05, 4.69) is 39.5 Å². The van der Waals surface area contributed by atoms with Crippen molar-refractivity contribution in [1.82, 2.24) is 0 Å². The van der Waals surface area contributed by atoms with Crippen LogP contribution in [0.1, 0.15) is 0 Å². The summed E-state index contributed by atoms with van der Waals surface area (Å²) in [5.74, 6) is 0.